The van der Waals surface area contributed by atoms with Crippen molar-refractivity contribution < 1.29 is 9.52 Å². The number of hydrogen-bond acceptors (Lipinski definition) is 3. The van der Waals surface area contributed by atoms with Gasteiger partial charge in [0.05, 0.1) is 19.1 Å². The molecule has 0 aliphatic carbocycles. The number of aliphatic hydroxyl groups is 1. The van der Waals surface area contributed by atoms with Crippen molar-refractivity contribution in [3.05, 3.63) is 24.2 Å². The third kappa shape index (κ3) is 5.00. The number of hydrogen-bond donors (Lipinski definition) is 2. The van der Waals surface area contributed by atoms with Gasteiger partial charge in [-0.1, -0.05) is 20.8 Å². The molecule has 0 aromatic carbocycles. The van der Waals surface area contributed by atoms with Crippen molar-refractivity contribution in [2.75, 3.05) is 6.61 Å². The van der Waals surface area contributed by atoms with Crippen molar-refractivity contribution in [1.82, 2.24) is 5.32 Å². The lowest BCUT2D eigenvalue weighted by Crippen LogP contribution is -2.35. The van der Waals surface area contributed by atoms with E-state index in [2.05, 4.69) is 26.1 Å². The minimum absolute atomic E-state index is 0.153. The van der Waals surface area contributed by atoms with Crippen molar-refractivity contribution >= 4 is 0 Å². The van der Waals surface area contributed by atoms with Gasteiger partial charge in [0.1, 0.15) is 0 Å². The quantitative estimate of drug-likeness (QED) is 0.784. The Balaban J connectivity index is 2.34. The Labute approximate surface area is 91.5 Å². The van der Waals surface area contributed by atoms with Gasteiger partial charge < -0.3 is 14.8 Å². The van der Waals surface area contributed by atoms with Gasteiger partial charge in [0.2, 0.25) is 0 Å². The van der Waals surface area contributed by atoms with Crippen LogP contribution < -0.4 is 5.32 Å². The molecule has 3 heteroatoms. The molecule has 3 nitrogen and oxygen atoms in total. The normalized spacial score (nSPS) is 14.1. The molecule has 0 spiro atoms. The van der Waals surface area contributed by atoms with Crippen molar-refractivity contribution in [2.24, 2.45) is 5.41 Å². The van der Waals surface area contributed by atoms with E-state index in [1.54, 1.807) is 12.5 Å². The summed E-state index contributed by atoms with van der Waals surface area (Å²) in [6, 6.07) is 2.08. The molecular formula is C12H21NO2. The molecule has 0 saturated carbocycles. The molecule has 0 fully saturated rings. The average Bonchev–Trinajstić information content (AvgIpc) is 2.62. The summed E-state index contributed by atoms with van der Waals surface area (Å²) in [5.41, 5.74) is 1.35. The molecular weight excluding hydrogens is 190 g/mol. The van der Waals surface area contributed by atoms with E-state index in [0.717, 1.165) is 18.5 Å². The monoisotopic (exact) mass is 211 g/mol. The van der Waals surface area contributed by atoms with Gasteiger partial charge in [-0.25, -0.2) is 0 Å². The van der Waals surface area contributed by atoms with E-state index >= 15 is 0 Å². The highest BCUT2D eigenvalue weighted by molar-refractivity contribution is 5.04. The summed E-state index contributed by atoms with van der Waals surface area (Å²) in [5, 5.41) is 12.6. The maximum absolute atomic E-state index is 9.23. The lowest BCUT2D eigenvalue weighted by Gasteiger charge is -2.25. The molecule has 0 amide bonds. The largest absolute Gasteiger partial charge is 0.472 e. The first-order valence-electron chi connectivity index (χ1n) is 5.36. The molecule has 2 N–H and O–H groups in total. The standard InChI is InChI=1S/C12H21NO2/c1-12(2,3)6-11(8-14)13-7-10-4-5-15-9-10/h4-5,9,11,13-14H,6-8H2,1-3H3. The van der Waals surface area contributed by atoms with Crippen LogP contribution in [0.4, 0.5) is 0 Å². The summed E-state index contributed by atoms with van der Waals surface area (Å²) in [5.74, 6) is 0. The second-order valence-electron chi connectivity index (χ2n) is 5.16. The molecule has 0 saturated heterocycles. The predicted molar refractivity (Wildman–Crippen MR) is 60.5 cm³/mol. The van der Waals surface area contributed by atoms with Gasteiger partial charge in [0, 0.05) is 18.2 Å². The van der Waals surface area contributed by atoms with E-state index in [4.69, 9.17) is 4.42 Å². The topological polar surface area (TPSA) is 45.4 Å². The second kappa shape index (κ2) is 5.33. The van der Waals surface area contributed by atoms with Crippen molar-refractivity contribution in [3.8, 4) is 0 Å². The van der Waals surface area contributed by atoms with Gasteiger partial charge >= 0.3 is 0 Å². The summed E-state index contributed by atoms with van der Waals surface area (Å²) < 4.78 is 4.98. The lowest BCUT2D eigenvalue weighted by atomic mass is 9.88. The van der Waals surface area contributed by atoms with Gasteiger partial charge in [0.15, 0.2) is 0 Å². The van der Waals surface area contributed by atoms with Crippen LogP contribution in [0.3, 0.4) is 0 Å². The number of furan rings is 1. The zero-order chi connectivity index (χ0) is 11.3. The molecule has 15 heavy (non-hydrogen) atoms. The SMILES string of the molecule is CC(C)(C)CC(CO)NCc1ccoc1. The highest BCUT2D eigenvalue weighted by Crippen LogP contribution is 2.20. The Hall–Kier alpha value is -0.800. The first-order valence-corrected chi connectivity index (χ1v) is 5.36. The molecule has 1 aromatic heterocycles. The van der Waals surface area contributed by atoms with Crippen LogP contribution in [0.15, 0.2) is 23.0 Å². The van der Waals surface area contributed by atoms with Crippen LogP contribution in [0.1, 0.15) is 32.8 Å². The Morgan fingerprint density at radius 1 is 1.47 bits per heavy atom. The molecule has 1 unspecified atom stereocenters. The summed E-state index contributed by atoms with van der Waals surface area (Å²) in [6.07, 6.45) is 4.34. The second-order valence-corrected chi connectivity index (χ2v) is 5.16. The maximum Gasteiger partial charge on any atom is 0.0947 e. The van der Waals surface area contributed by atoms with Crippen LogP contribution >= 0.6 is 0 Å². The van der Waals surface area contributed by atoms with E-state index in [1.807, 2.05) is 6.07 Å². The number of rotatable bonds is 5. The van der Waals surface area contributed by atoms with E-state index in [9.17, 15) is 5.11 Å². The fourth-order valence-corrected chi connectivity index (χ4v) is 1.60. The first kappa shape index (κ1) is 12.3. The van der Waals surface area contributed by atoms with Crippen LogP contribution in [0.25, 0.3) is 0 Å². The van der Waals surface area contributed by atoms with Gasteiger partial charge in [-0.15, -0.1) is 0 Å². The Kier molecular flexibility index (Phi) is 4.36. The van der Waals surface area contributed by atoms with E-state index in [0.29, 0.717) is 0 Å². The fourth-order valence-electron chi connectivity index (χ4n) is 1.60. The highest BCUT2D eigenvalue weighted by atomic mass is 16.3. The molecule has 86 valence electrons. The summed E-state index contributed by atoms with van der Waals surface area (Å²) in [4.78, 5) is 0. The van der Waals surface area contributed by atoms with Gasteiger partial charge in [-0.05, 0) is 17.9 Å². The van der Waals surface area contributed by atoms with Crippen LogP contribution in [-0.4, -0.2) is 17.8 Å². The van der Waals surface area contributed by atoms with Crippen molar-refractivity contribution in [1.29, 1.82) is 0 Å². The highest BCUT2D eigenvalue weighted by Gasteiger charge is 2.17. The third-order valence-electron chi connectivity index (χ3n) is 2.25. The lowest BCUT2D eigenvalue weighted by molar-refractivity contribution is 0.198. The Morgan fingerprint density at radius 3 is 2.67 bits per heavy atom. The van der Waals surface area contributed by atoms with Crippen molar-refractivity contribution in [3.63, 3.8) is 0 Å². The molecule has 0 radical (unpaired) electrons. The Morgan fingerprint density at radius 2 is 2.20 bits per heavy atom. The van der Waals surface area contributed by atoms with E-state index in [1.165, 1.54) is 0 Å². The van der Waals surface area contributed by atoms with Gasteiger partial charge in [0.25, 0.3) is 0 Å². The molecule has 1 rings (SSSR count). The molecule has 0 bridgehead atoms. The minimum atomic E-state index is 0.153. The minimum Gasteiger partial charge on any atom is -0.472 e. The fraction of sp³-hybridized carbons (Fsp3) is 0.667. The summed E-state index contributed by atoms with van der Waals surface area (Å²) in [6.45, 7) is 7.45. The van der Waals surface area contributed by atoms with Gasteiger partial charge in [-0.2, -0.15) is 0 Å². The zero-order valence-electron chi connectivity index (χ0n) is 9.79. The smallest absolute Gasteiger partial charge is 0.0947 e. The predicted octanol–water partition coefficient (Wildman–Crippen LogP) is 2.17. The van der Waals surface area contributed by atoms with Crippen LogP contribution in [0, 0.1) is 5.41 Å². The average molecular weight is 211 g/mol. The van der Waals surface area contributed by atoms with Crippen LogP contribution in [-0.2, 0) is 6.54 Å². The van der Waals surface area contributed by atoms with E-state index < -0.39 is 0 Å². The summed E-state index contributed by atoms with van der Waals surface area (Å²) in [7, 11) is 0. The van der Waals surface area contributed by atoms with Crippen LogP contribution in [0.5, 0.6) is 0 Å². The number of nitrogens with one attached hydrogen (secondary N) is 1. The molecule has 0 aliphatic rings. The maximum atomic E-state index is 9.23. The third-order valence-corrected chi connectivity index (χ3v) is 2.25. The van der Waals surface area contributed by atoms with E-state index in [-0.39, 0.29) is 18.1 Å². The molecule has 1 atom stereocenters. The zero-order valence-corrected chi connectivity index (χ0v) is 9.79. The Bertz CT molecular complexity index is 262. The molecule has 1 heterocycles. The molecule has 0 aliphatic heterocycles. The molecule has 1 aromatic rings. The first-order chi connectivity index (χ1) is 7.01. The van der Waals surface area contributed by atoms with Crippen molar-refractivity contribution in [2.45, 2.75) is 39.8 Å². The summed E-state index contributed by atoms with van der Waals surface area (Å²) >= 11 is 0. The number of aliphatic hydroxyl groups excluding tert-OH is 1. The van der Waals surface area contributed by atoms with Crippen LogP contribution in [0.2, 0.25) is 0 Å². The van der Waals surface area contributed by atoms with Gasteiger partial charge in [-0.3, -0.25) is 0 Å².